The van der Waals surface area contributed by atoms with Crippen LogP contribution >= 0.6 is 11.3 Å². The first-order valence-corrected chi connectivity index (χ1v) is 6.21. The maximum absolute atomic E-state index is 11.4. The van der Waals surface area contributed by atoms with Gasteiger partial charge in [0.05, 0.1) is 6.54 Å². The molecule has 1 aromatic rings. The molecule has 0 aliphatic carbocycles. The van der Waals surface area contributed by atoms with Gasteiger partial charge in [0, 0.05) is 10.9 Å². The summed E-state index contributed by atoms with van der Waals surface area (Å²) < 4.78 is 0. The minimum Gasteiger partial charge on any atom is -0.477 e. The summed E-state index contributed by atoms with van der Waals surface area (Å²) in [5.41, 5.74) is 0. The lowest BCUT2D eigenvalue weighted by Gasteiger charge is -2.11. The van der Waals surface area contributed by atoms with Crippen LogP contribution in [0.2, 0.25) is 0 Å². The van der Waals surface area contributed by atoms with E-state index in [0.717, 1.165) is 11.3 Å². The molecule has 94 valence electrons. The monoisotopic (exact) mass is 256 g/mol. The predicted octanol–water partition coefficient (Wildman–Crippen LogP) is 2.04. The minimum absolute atomic E-state index is 0.132. The SMILES string of the molecule is CCC(C)NC(=O)NCc1ccc(C(=O)O)s1. The molecule has 5 nitrogen and oxygen atoms in total. The number of hydrogen-bond donors (Lipinski definition) is 3. The number of urea groups is 1. The summed E-state index contributed by atoms with van der Waals surface area (Å²) in [6, 6.07) is 3.14. The van der Waals surface area contributed by atoms with Gasteiger partial charge < -0.3 is 15.7 Å². The van der Waals surface area contributed by atoms with Gasteiger partial charge in [-0.25, -0.2) is 9.59 Å². The van der Waals surface area contributed by atoms with Crippen LogP contribution in [0.3, 0.4) is 0 Å². The summed E-state index contributed by atoms with van der Waals surface area (Å²) in [6.45, 7) is 4.26. The van der Waals surface area contributed by atoms with Crippen molar-refractivity contribution >= 4 is 23.3 Å². The minimum atomic E-state index is -0.940. The largest absolute Gasteiger partial charge is 0.477 e. The van der Waals surface area contributed by atoms with Crippen molar-refractivity contribution in [3.8, 4) is 0 Å². The molecule has 1 heterocycles. The first-order valence-electron chi connectivity index (χ1n) is 5.39. The molecule has 3 N–H and O–H groups in total. The average molecular weight is 256 g/mol. The van der Waals surface area contributed by atoms with E-state index in [1.165, 1.54) is 17.4 Å². The molecular formula is C11H16N2O3S. The molecule has 17 heavy (non-hydrogen) atoms. The van der Waals surface area contributed by atoms with E-state index in [0.29, 0.717) is 6.54 Å². The van der Waals surface area contributed by atoms with E-state index in [-0.39, 0.29) is 17.0 Å². The molecule has 0 aromatic carbocycles. The number of carboxylic acid groups (broad SMARTS) is 1. The molecule has 1 unspecified atom stereocenters. The van der Waals surface area contributed by atoms with Crippen molar-refractivity contribution in [2.75, 3.05) is 0 Å². The molecule has 0 fully saturated rings. The molecule has 0 saturated heterocycles. The summed E-state index contributed by atoms with van der Waals surface area (Å²) in [6.07, 6.45) is 0.871. The predicted molar refractivity (Wildman–Crippen MR) is 66.4 cm³/mol. The van der Waals surface area contributed by atoms with Crippen LogP contribution in [0.4, 0.5) is 4.79 Å². The van der Waals surface area contributed by atoms with Gasteiger partial charge in [-0.15, -0.1) is 11.3 Å². The highest BCUT2D eigenvalue weighted by Crippen LogP contribution is 2.15. The zero-order valence-electron chi connectivity index (χ0n) is 9.82. The summed E-state index contributed by atoms with van der Waals surface area (Å²) in [4.78, 5) is 23.1. The Morgan fingerprint density at radius 1 is 1.47 bits per heavy atom. The Morgan fingerprint density at radius 3 is 2.71 bits per heavy atom. The Bertz CT molecular complexity index is 403. The highest BCUT2D eigenvalue weighted by Gasteiger charge is 2.08. The molecule has 0 bridgehead atoms. The molecule has 1 atom stereocenters. The van der Waals surface area contributed by atoms with Crippen molar-refractivity contribution in [3.63, 3.8) is 0 Å². The van der Waals surface area contributed by atoms with Crippen molar-refractivity contribution in [3.05, 3.63) is 21.9 Å². The fraction of sp³-hybridized carbons (Fsp3) is 0.455. The molecular weight excluding hydrogens is 240 g/mol. The number of aromatic carboxylic acids is 1. The van der Waals surface area contributed by atoms with Gasteiger partial charge in [-0.05, 0) is 25.5 Å². The number of carboxylic acids is 1. The van der Waals surface area contributed by atoms with Crippen molar-refractivity contribution in [1.29, 1.82) is 0 Å². The zero-order valence-corrected chi connectivity index (χ0v) is 10.6. The summed E-state index contributed by atoms with van der Waals surface area (Å²) in [5, 5.41) is 14.2. The molecule has 2 amide bonds. The first-order chi connectivity index (χ1) is 8.02. The quantitative estimate of drug-likeness (QED) is 0.754. The van der Waals surface area contributed by atoms with Crippen molar-refractivity contribution in [2.24, 2.45) is 0 Å². The second kappa shape index (κ2) is 6.24. The van der Waals surface area contributed by atoms with Gasteiger partial charge >= 0.3 is 12.0 Å². The van der Waals surface area contributed by atoms with Crippen LogP contribution in [-0.2, 0) is 6.54 Å². The molecule has 0 aliphatic heterocycles. The van der Waals surface area contributed by atoms with Gasteiger partial charge in [0.1, 0.15) is 4.88 Å². The van der Waals surface area contributed by atoms with E-state index in [4.69, 9.17) is 5.11 Å². The third-order valence-corrected chi connectivity index (χ3v) is 3.36. The molecule has 0 radical (unpaired) electrons. The van der Waals surface area contributed by atoms with Gasteiger partial charge in [-0.1, -0.05) is 6.92 Å². The third kappa shape index (κ3) is 4.44. The van der Waals surface area contributed by atoms with Gasteiger partial charge in [0.15, 0.2) is 0 Å². The van der Waals surface area contributed by atoms with Gasteiger partial charge in [-0.2, -0.15) is 0 Å². The Kier molecular flexibility index (Phi) is 4.96. The van der Waals surface area contributed by atoms with E-state index in [2.05, 4.69) is 10.6 Å². The van der Waals surface area contributed by atoms with Crippen LogP contribution in [0, 0.1) is 0 Å². The Hall–Kier alpha value is -1.56. The lowest BCUT2D eigenvalue weighted by molar-refractivity contribution is 0.0702. The molecule has 0 aliphatic rings. The van der Waals surface area contributed by atoms with Crippen LogP contribution in [0.5, 0.6) is 0 Å². The topological polar surface area (TPSA) is 78.4 Å². The smallest absolute Gasteiger partial charge is 0.345 e. The summed E-state index contributed by atoms with van der Waals surface area (Å²) in [5.74, 6) is -0.940. The van der Waals surface area contributed by atoms with E-state index in [9.17, 15) is 9.59 Å². The highest BCUT2D eigenvalue weighted by molar-refractivity contribution is 7.13. The Labute approximate surface area is 104 Å². The van der Waals surface area contributed by atoms with Crippen LogP contribution in [0.25, 0.3) is 0 Å². The number of hydrogen-bond acceptors (Lipinski definition) is 3. The fourth-order valence-electron chi connectivity index (χ4n) is 1.13. The number of carbonyl (C=O) groups excluding carboxylic acids is 1. The second-order valence-corrected chi connectivity index (χ2v) is 4.88. The lowest BCUT2D eigenvalue weighted by atomic mass is 10.3. The number of amides is 2. The molecule has 1 aromatic heterocycles. The van der Waals surface area contributed by atoms with Crippen molar-refractivity contribution < 1.29 is 14.7 Å². The van der Waals surface area contributed by atoms with Crippen LogP contribution < -0.4 is 10.6 Å². The molecule has 0 spiro atoms. The molecule has 0 saturated carbocycles. The van der Waals surface area contributed by atoms with E-state index in [1.54, 1.807) is 6.07 Å². The van der Waals surface area contributed by atoms with Crippen LogP contribution in [0.1, 0.15) is 34.8 Å². The highest BCUT2D eigenvalue weighted by atomic mass is 32.1. The zero-order chi connectivity index (χ0) is 12.8. The van der Waals surface area contributed by atoms with Crippen molar-refractivity contribution in [1.82, 2.24) is 10.6 Å². The van der Waals surface area contributed by atoms with Crippen LogP contribution in [-0.4, -0.2) is 23.1 Å². The average Bonchev–Trinajstić information content (AvgIpc) is 2.75. The molecule has 6 heteroatoms. The second-order valence-electron chi connectivity index (χ2n) is 3.71. The number of carbonyl (C=O) groups is 2. The van der Waals surface area contributed by atoms with Crippen molar-refractivity contribution in [2.45, 2.75) is 32.9 Å². The molecule has 1 rings (SSSR count). The Balaban J connectivity index is 2.39. The van der Waals surface area contributed by atoms with E-state index >= 15 is 0 Å². The standard InChI is InChI=1S/C11H16N2O3S/c1-3-7(2)13-11(16)12-6-8-4-5-9(17-8)10(14)15/h4-5,7H,3,6H2,1-2H3,(H,14,15)(H2,12,13,16). The summed E-state index contributed by atoms with van der Waals surface area (Å²) >= 11 is 1.17. The van der Waals surface area contributed by atoms with E-state index < -0.39 is 5.97 Å². The Morgan fingerprint density at radius 2 is 2.18 bits per heavy atom. The van der Waals surface area contributed by atoms with Gasteiger partial charge in [-0.3, -0.25) is 0 Å². The number of rotatable bonds is 5. The van der Waals surface area contributed by atoms with Gasteiger partial charge in [0.2, 0.25) is 0 Å². The first kappa shape index (κ1) is 13.5. The third-order valence-electron chi connectivity index (χ3n) is 2.29. The fourth-order valence-corrected chi connectivity index (χ4v) is 1.92. The van der Waals surface area contributed by atoms with Crippen LogP contribution in [0.15, 0.2) is 12.1 Å². The lowest BCUT2D eigenvalue weighted by Crippen LogP contribution is -2.39. The number of thiophene rings is 1. The maximum atomic E-state index is 11.4. The van der Waals surface area contributed by atoms with E-state index in [1.807, 2.05) is 13.8 Å². The maximum Gasteiger partial charge on any atom is 0.345 e. The summed E-state index contributed by atoms with van der Waals surface area (Å²) in [7, 11) is 0. The normalized spacial score (nSPS) is 11.9. The number of nitrogens with one attached hydrogen (secondary N) is 2. The van der Waals surface area contributed by atoms with Gasteiger partial charge in [0.25, 0.3) is 0 Å².